The van der Waals surface area contributed by atoms with Gasteiger partial charge in [0.05, 0.1) is 48.8 Å². The molecule has 0 aliphatic carbocycles. The van der Waals surface area contributed by atoms with Gasteiger partial charge < -0.3 is 34.6 Å². The van der Waals surface area contributed by atoms with Crippen LogP contribution in [0.3, 0.4) is 0 Å². The number of ether oxygens (including phenoxy) is 3. The normalized spacial score (nSPS) is 27.8. The summed E-state index contributed by atoms with van der Waals surface area (Å²) in [7, 11) is 0. The topological polar surface area (TPSA) is 126 Å². The van der Waals surface area contributed by atoms with E-state index in [-0.39, 0.29) is 42.6 Å². The van der Waals surface area contributed by atoms with Crippen molar-refractivity contribution in [3.63, 3.8) is 0 Å². The Kier molecular flexibility index (Phi) is 18.6. The second kappa shape index (κ2) is 21.8. The molecule has 0 amide bonds. The number of unbranched alkanes of at least 4 members (excludes halogenated alkanes) is 9. The predicted molar refractivity (Wildman–Crippen MR) is 177 cm³/mol. The van der Waals surface area contributed by atoms with E-state index in [1.54, 1.807) is 0 Å². The van der Waals surface area contributed by atoms with Gasteiger partial charge in [0.25, 0.3) is 0 Å². The summed E-state index contributed by atoms with van der Waals surface area (Å²) in [6.07, 6.45) is 21.2. The first-order chi connectivity index (χ1) is 21.8. The van der Waals surface area contributed by atoms with Gasteiger partial charge in [0.15, 0.2) is 0 Å². The Morgan fingerprint density at radius 3 is 1.87 bits per heavy atom. The molecule has 262 valence electrons. The molecular formula is C37H66O8. The van der Waals surface area contributed by atoms with Crippen LogP contribution in [0.1, 0.15) is 162 Å². The first-order valence-electron chi connectivity index (χ1n) is 18.7. The number of aliphatic hydroxyl groups is 4. The summed E-state index contributed by atoms with van der Waals surface area (Å²) in [6, 6.07) is 0. The van der Waals surface area contributed by atoms with Crippen LogP contribution in [0.15, 0.2) is 11.6 Å². The van der Waals surface area contributed by atoms with Crippen molar-refractivity contribution in [3.05, 3.63) is 11.6 Å². The van der Waals surface area contributed by atoms with Crippen LogP contribution in [0.5, 0.6) is 0 Å². The maximum absolute atomic E-state index is 11.7. The highest BCUT2D eigenvalue weighted by Crippen LogP contribution is 2.31. The fourth-order valence-corrected chi connectivity index (χ4v) is 7.28. The van der Waals surface area contributed by atoms with Crippen LogP contribution in [-0.4, -0.2) is 81.3 Å². The van der Waals surface area contributed by atoms with Crippen molar-refractivity contribution in [1.82, 2.24) is 0 Å². The van der Waals surface area contributed by atoms with E-state index in [2.05, 4.69) is 6.92 Å². The summed E-state index contributed by atoms with van der Waals surface area (Å²) >= 11 is 0. The Hall–Kier alpha value is -1.03. The maximum atomic E-state index is 11.7. The van der Waals surface area contributed by atoms with Gasteiger partial charge in [-0.05, 0) is 96.5 Å². The first kappa shape index (κ1) is 38.4. The molecule has 3 heterocycles. The molecule has 0 aromatic carbocycles. The second-order valence-electron chi connectivity index (χ2n) is 14.2. The average molecular weight is 639 g/mol. The maximum Gasteiger partial charge on any atom is 0.334 e. The van der Waals surface area contributed by atoms with E-state index in [9.17, 15) is 25.2 Å². The van der Waals surface area contributed by atoms with Gasteiger partial charge in [0.2, 0.25) is 0 Å². The zero-order chi connectivity index (χ0) is 32.4. The smallest absolute Gasteiger partial charge is 0.334 e. The Bertz CT molecular complexity index is 833. The Morgan fingerprint density at radius 2 is 1.22 bits per heavy atom. The summed E-state index contributed by atoms with van der Waals surface area (Å²) in [5.74, 6) is -0.138. The van der Waals surface area contributed by atoms with Gasteiger partial charge in [-0.15, -0.1) is 0 Å². The van der Waals surface area contributed by atoms with E-state index in [4.69, 9.17) is 14.2 Å². The van der Waals surface area contributed by atoms with Gasteiger partial charge in [0.1, 0.15) is 6.10 Å². The highest BCUT2D eigenvalue weighted by molar-refractivity contribution is 5.90. The van der Waals surface area contributed by atoms with Gasteiger partial charge in [-0.1, -0.05) is 71.1 Å². The third kappa shape index (κ3) is 14.7. The minimum Gasteiger partial charge on any atom is -0.455 e. The highest BCUT2D eigenvalue weighted by Gasteiger charge is 2.36. The zero-order valence-electron chi connectivity index (χ0n) is 28.5. The molecule has 9 atom stereocenters. The third-order valence-corrected chi connectivity index (χ3v) is 10.2. The third-order valence-electron chi connectivity index (χ3n) is 10.2. The molecule has 3 aliphatic rings. The molecule has 0 aromatic rings. The Balaban J connectivity index is 1.16. The number of hydrogen-bond acceptors (Lipinski definition) is 8. The van der Waals surface area contributed by atoms with Crippen LogP contribution in [0.4, 0.5) is 0 Å². The van der Waals surface area contributed by atoms with E-state index in [1.807, 2.05) is 13.0 Å². The van der Waals surface area contributed by atoms with Gasteiger partial charge in [-0.3, -0.25) is 0 Å². The minimum absolute atomic E-state index is 0.0675. The minimum atomic E-state index is -0.654. The van der Waals surface area contributed by atoms with Crippen molar-refractivity contribution in [3.8, 4) is 0 Å². The molecule has 0 bridgehead atoms. The standard InChI is InChI=1S/C37H66O8/c1-3-4-5-12-16-29(38)17-14-19-31(39)35-24-25-36(45-35)33(41)22-21-32(40)34-23-20-30(44-34)18-13-10-8-6-7-9-11-15-28-26-27(2)43-37(28)42/h26-27,29-36,38-41H,3-25H2,1-2H3/t27-,29-,30+,31+,32-,33-,34+,35+,36+/m1/s1. The molecule has 3 aliphatic heterocycles. The highest BCUT2D eigenvalue weighted by atomic mass is 16.5. The predicted octanol–water partition coefficient (Wildman–Crippen LogP) is 6.83. The van der Waals surface area contributed by atoms with Crippen molar-refractivity contribution in [2.75, 3.05) is 0 Å². The molecule has 4 N–H and O–H groups in total. The molecule has 0 radical (unpaired) electrons. The van der Waals surface area contributed by atoms with E-state index in [0.29, 0.717) is 25.7 Å². The first-order valence-corrected chi connectivity index (χ1v) is 18.7. The summed E-state index contributed by atoms with van der Waals surface area (Å²) in [6.45, 7) is 4.09. The Labute approximate surface area is 273 Å². The summed E-state index contributed by atoms with van der Waals surface area (Å²) < 4.78 is 17.4. The van der Waals surface area contributed by atoms with Crippen molar-refractivity contribution in [2.45, 2.75) is 216 Å². The van der Waals surface area contributed by atoms with Gasteiger partial charge in [-0.2, -0.15) is 0 Å². The molecule has 8 heteroatoms. The molecule has 0 unspecified atom stereocenters. The quantitative estimate of drug-likeness (QED) is 0.0634. The fourth-order valence-electron chi connectivity index (χ4n) is 7.28. The van der Waals surface area contributed by atoms with Crippen molar-refractivity contribution < 1.29 is 39.4 Å². The van der Waals surface area contributed by atoms with Crippen LogP contribution < -0.4 is 0 Å². The molecule has 8 nitrogen and oxygen atoms in total. The zero-order valence-corrected chi connectivity index (χ0v) is 28.5. The van der Waals surface area contributed by atoms with E-state index >= 15 is 0 Å². The van der Waals surface area contributed by atoms with E-state index < -0.39 is 18.3 Å². The van der Waals surface area contributed by atoms with E-state index in [1.165, 1.54) is 44.9 Å². The molecule has 45 heavy (non-hydrogen) atoms. The van der Waals surface area contributed by atoms with Crippen LogP contribution in [0, 0.1) is 0 Å². The number of hydrogen-bond donors (Lipinski definition) is 4. The molecule has 0 spiro atoms. The molecule has 3 rings (SSSR count). The number of esters is 1. The molecular weight excluding hydrogens is 572 g/mol. The van der Waals surface area contributed by atoms with Gasteiger partial charge >= 0.3 is 5.97 Å². The lowest BCUT2D eigenvalue weighted by Crippen LogP contribution is -2.33. The molecule has 2 fully saturated rings. The number of carbonyl (C=O) groups excluding carboxylic acids is 1. The van der Waals surface area contributed by atoms with Crippen molar-refractivity contribution in [2.24, 2.45) is 0 Å². The molecule has 0 aromatic heterocycles. The van der Waals surface area contributed by atoms with Gasteiger partial charge in [-0.25, -0.2) is 4.79 Å². The van der Waals surface area contributed by atoms with Crippen LogP contribution in [0.25, 0.3) is 0 Å². The second-order valence-corrected chi connectivity index (χ2v) is 14.2. The van der Waals surface area contributed by atoms with Crippen molar-refractivity contribution >= 4 is 5.97 Å². The lowest BCUT2D eigenvalue weighted by Gasteiger charge is -2.24. The summed E-state index contributed by atoms with van der Waals surface area (Å²) in [5, 5.41) is 42.3. The molecule has 0 saturated carbocycles. The Morgan fingerprint density at radius 1 is 0.667 bits per heavy atom. The average Bonchev–Trinajstić information content (AvgIpc) is 3.77. The van der Waals surface area contributed by atoms with E-state index in [0.717, 1.165) is 82.6 Å². The van der Waals surface area contributed by atoms with Crippen molar-refractivity contribution in [1.29, 1.82) is 0 Å². The fraction of sp³-hybridized carbons (Fsp3) is 0.919. The van der Waals surface area contributed by atoms with Gasteiger partial charge in [0, 0.05) is 5.57 Å². The number of cyclic esters (lactones) is 1. The number of carbonyl (C=O) groups is 1. The largest absolute Gasteiger partial charge is 0.455 e. The lowest BCUT2D eigenvalue weighted by atomic mass is 9.98. The summed E-state index contributed by atoms with van der Waals surface area (Å²) in [4.78, 5) is 11.7. The van der Waals surface area contributed by atoms with Crippen LogP contribution >= 0.6 is 0 Å². The monoisotopic (exact) mass is 638 g/mol. The van der Waals surface area contributed by atoms with Crippen LogP contribution in [0.2, 0.25) is 0 Å². The van der Waals surface area contributed by atoms with Crippen LogP contribution in [-0.2, 0) is 19.0 Å². The number of rotatable bonds is 25. The molecule has 2 saturated heterocycles. The lowest BCUT2D eigenvalue weighted by molar-refractivity contribution is -0.139. The number of aliphatic hydroxyl groups excluding tert-OH is 4. The SMILES string of the molecule is CCCCCC[C@@H](O)CCC[C@H](O)[C@@H]1CC[C@@H]([C@H](O)CC[C@@H](O)[C@@H]2CC[C@H](CCCCCCCCCC3=C[C@@H](C)OC3=O)O2)O1. The summed E-state index contributed by atoms with van der Waals surface area (Å²) in [5.41, 5.74) is 0.846.